The molecule has 1 atom stereocenters. The summed E-state index contributed by atoms with van der Waals surface area (Å²) in [4.78, 5) is 0. The fourth-order valence-electron chi connectivity index (χ4n) is 2.70. The zero-order valence-corrected chi connectivity index (χ0v) is 11.7. The van der Waals surface area contributed by atoms with E-state index in [2.05, 4.69) is 5.43 Å². The first kappa shape index (κ1) is 14.4. The van der Waals surface area contributed by atoms with Crippen LogP contribution in [0, 0.1) is 18.7 Å². The number of halogens is 1. The van der Waals surface area contributed by atoms with E-state index < -0.39 is 0 Å². The molecule has 19 heavy (non-hydrogen) atoms. The van der Waals surface area contributed by atoms with Gasteiger partial charge in [0.05, 0.1) is 6.10 Å². The van der Waals surface area contributed by atoms with Gasteiger partial charge in [-0.05, 0) is 56.2 Å². The summed E-state index contributed by atoms with van der Waals surface area (Å²) in [5, 5.41) is 0. The molecule has 0 radical (unpaired) electrons. The van der Waals surface area contributed by atoms with Crippen LogP contribution in [0.2, 0.25) is 0 Å². The molecule has 1 aromatic carbocycles. The number of ether oxygens (including phenoxy) is 1. The molecule has 1 aliphatic carbocycles. The average Bonchev–Trinajstić information content (AvgIpc) is 2.36. The predicted octanol–water partition coefficient (Wildman–Crippen LogP) is 2.84. The van der Waals surface area contributed by atoms with Crippen molar-refractivity contribution < 1.29 is 9.13 Å². The molecule has 1 aliphatic rings. The monoisotopic (exact) mass is 266 g/mol. The maximum atomic E-state index is 13.6. The minimum atomic E-state index is -0.168. The lowest BCUT2D eigenvalue weighted by Gasteiger charge is -2.37. The van der Waals surface area contributed by atoms with E-state index in [-0.39, 0.29) is 11.9 Å². The SMILES string of the molecule is CCOC1CC(CC(NN)c2ccc(C)c(F)c2)C1. The van der Waals surface area contributed by atoms with Crippen molar-refractivity contribution in [2.24, 2.45) is 11.8 Å². The summed E-state index contributed by atoms with van der Waals surface area (Å²) in [6.45, 7) is 4.56. The summed E-state index contributed by atoms with van der Waals surface area (Å²) in [7, 11) is 0. The molecule has 0 saturated heterocycles. The van der Waals surface area contributed by atoms with Gasteiger partial charge in [-0.1, -0.05) is 12.1 Å². The van der Waals surface area contributed by atoms with Crippen molar-refractivity contribution in [3.8, 4) is 0 Å². The minimum Gasteiger partial charge on any atom is -0.378 e. The number of hydrogen-bond acceptors (Lipinski definition) is 3. The number of hydrogen-bond donors (Lipinski definition) is 2. The van der Waals surface area contributed by atoms with Gasteiger partial charge in [0.1, 0.15) is 5.82 Å². The highest BCUT2D eigenvalue weighted by Gasteiger charge is 2.31. The van der Waals surface area contributed by atoms with Crippen molar-refractivity contribution in [3.05, 3.63) is 35.1 Å². The van der Waals surface area contributed by atoms with E-state index in [1.165, 1.54) is 0 Å². The van der Waals surface area contributed by atoms with Gasteiger partial charge >= 0.3 is 0 Å². The van der Waals surface area contributed by atoms with Gasteiger partial charge < -0.3 is 4.74 Å². The second-order valence-electron chi connectivity index (χ2n) is 5.38. The molecular formula is C15H23FN2O. The van der Waals surface area contributed by atoms with Gasteiger partial charge in [-0.3, -0.25) is 11.3 Å². The molecule has 0 aliphatic heterocycles. The molecule has 0 aromatic heterocycles. The molecule has 1 fully saturated rings. The molecule has 2 rings (SSSR count). The number of aryl methyl sites for hydroxylation is 1. The van der Waals surface area contributed by atoms with Crippen molar-refractivity contribution in [1.82, 2.24) is 5.43 Å². The Morgan fingerprint density at radius 2 is 2.21 bits per heavy atom. The summed E-state index contributed by atoms with van der Waals surface area (Å²) >= 11 is 0. The highest BCUT2D eigenvalue weighted by atomic mass is 19.1. The Labute approximate surface area is 114 Å². The molecule has 0 heterocycles. The van der Waals surface area contributed by atoms with Crippen LogP contribution in [0.3, 0.4) is 0 Å². The summed E-state index contributed by atoms with van der Waals surface area (Å²) < 4.78 is 19.1. The maximum absolute atomic E-state index is 13.6. The van der Waals surface area contributed by atoms with Crippen LogP contribution in [0.5, 0.6) is 0 Å². The molecular weight excluding hydrogens is 243 g/mol. The Morgan fingerprint density at radius 1 is 1.47 bits per heavy atom. The van der Waals surface area contributed by atoms with Gasteiger partial charge in [-0.2, -0.15) is 0 Å². The lowest BCUT2D eigenvalue weighted by molar-refractivity contribution is -0.0291. The Kier molecular flexibility index (Phi) is 4.91. The van der Waals surface area contributed by atoms with Gasteiger partial charge in [0.2, 0.25) is 0 Å². The number of nitrogens with one attached hydrogen (secondary N) is 1. The van der Waals surface area contributed by atoms with Crippen LogP contribution in [-0.4, -0.2) is 12.7 Å². The molecule has 4 heteroatoms. The van der Waals surface area contributed by atoms with Crippen molar-refractivity contribution in [3.63, 3.8) is 0 Å². The van der Waals surface area contributed by atoms with Gasteiger partial charge in [0.25, 0.3) is 0 Å². The van der Waals surface area contributed by atoms with Crippen LogP contribution in [0.1, 0.15) is 43.4 Å². The molecule has 0 bridgehead atoms. The van der Waals surface area contributed by atoms with E-state index in [0.717, 1.165) is 31.4 Å². The first-order valence-corrected chi connectivity index (χ1v) is 6.97. The molecule has 0 amide bonds. The first-order chi connectivity index (χ1) is 9.13. The average molecular weight is 266 g/mol. The van der Waals surface area contributed by atoms with Crippen LogP contribution in [-0.2, 0) is 4.74 Å². The van der Waals surface area contributed by atoms with Gasteiger partial charge in [0, 0.05) is 12.6 Å². The van der Waals surface area contributed by atoms with Gasteiger partial charge in [-0.15, -0.1) is 0 Å². The molecule has 0 spiro atoms. The standard InChI is InChI=1S/C15H23FN2O/c1-3-19-13-6-11(7-13)8-15(18-17)12-5-4-10(2)14(16)9-12/h4-5,9,11,13,15,18H,3,6-8,17H2,1-2H3. The van der Waals surface area contributed by atoms with Gasteiger partial charge in [0.15, 0.2) is 0 Å². The van der Waals surface area contributed by atoms with Crippen LogP contribution >= 0.6 is 0 Å². The second-order valence-corrected chi connectivity index (χ2v) is 5.38. The van der Waals surface area contributed by atoms with E-state index in [0.29, 0.717) is 17.6 Å². The fourth-order valence-corrected chi connectivity index (χ4v) is 2.70. The van der Waals surface area contributed by atoms with Crippen LogP contribution in [0.25, 0.3) is 0 Å². The molecule has 3 N–H and O–H groups in total. The molecule has 1 unspecified atom stereocenters. The summed E-state index contributed by atoms with van der Waals surface area (Å²) in [5.41, 5.74) is 4.39. The van der Waals surface area contributed by atoms with Crippen LogP contribution in [0.15, 0.2) is 18.2 Å². The predicted molar refractivity (Wildman–Crippen MR) is 74.0 cm³/mol. The number of benzene rings is 1. The van der Waals surface area contributed by atoms with Crippen molar-refractivity contribution >= 4 is 0 Å². The lowest BCUT2D eigenvalue weighted by atomic mass is 9.77. The normalized spacial score (nSPS) is 24.0. The van der Waals surface area contributed by atoms with E-state index in [1.807, 2.05) is 13.0 Å². The largest absolute Gasteiger partial charge is 0.378 e. The topological polar surface area (TPSA) is 47.3 Å². The Morgan fingerprint density at radius 3 is 2.79 bits per heavy atom. The number of rotatable bonds is 6. The van der Waals surface area contributed by atoms with E-state index in [4.69, 9.17) is 10.6 Å². The van der Waals surface area contributed by atoms with Crippen molar-refractivity contribution in [1.29, 1.82) is 0 Å². The quantitative estimate of drug-likeness (QED) is 0.615. The first-order valence-electron chi connectivity index (χ1n) is 6.97. The Balaban J connectivity index is 1.92. The zero-order valence-electron chi connectivity index (χ0n) is 11.7. The lowest BCUT2D eigenvalue weighted by Crippen LogP contribution is -2.36. The van der Waals surface area contributed by atoms with Crippen molar-refractivity contribution in [2.45, 2.75) is 45.3 Å². The maximum Gasteiger partial charge on any atom is 0.126 e. The molecule has 1 aromatic rings. The third-order valence-corrected chi connectivity index (χ3v) is 3.96. The fraction of sp³-hybridized carbons (Fsp3) is 0.600. The third-order valence-electron chi connectivity index (χ3n) is 3.96. The molecule has 106 valence electrons. The zero-order chi connectivity index (χ0) is 13.8. The summed E-state index contributed by atoms with van der Waals surface area (Å²) in [6, 6.07) is 5.35. The van der Waals surface area contributed by atoms with E-state index >= 15 is 0 Å². The summed E-state index contributed by atoms with van der Waals surface area (Å²) in [5.74, 6) is 6.05. The third kappa shape index (κ3) is 3.53. The van der Waals surface area contributed by atoms with Gasteiger partial charge in [-0.25, -0.2) is 4.39 Å². The molecule has 3 nitrogen and oxygen atoms in total. The Bertz CT molecular complexity index is 419. The van der Waals surface area contributed by atoms with Crippen molar-refractivity contribution in [2.75, 3.05) is 6.61 Å². The number of nitrogens with two attached hydrogens (primary N) is 1. The van der Waals surface area contributed by atoms with Crippen LogP contribution in [0.4, 0.5) is 4.39 Å². The minimum absolute atomic E-state index is 0.0164. The molecule has 1 saturated carbocycles. The van der Waals surface area contributed by atoms with Crippen LogP contribution < -0.4 is 11.3 Å². The summed E-state index contributed by atoms with van der Waals surface area (Å²) in [6.07, 6.45) is 3.51. The van der Waals surface area contributed by atoms with E-state index in [9.17, 15) is 4.39 Å². The highest BCUT2D eigenvalue weighted by Crippen LogP contribution is 2.36. The highest BCUT2D eigenvalue weighted by molar-refractivity contribution is 5.25. The smallest absolute Gasteiger partial charge is 0.126 e. The van der Waals surface area contributed by atoms with E-state index in [1.54, 1.807) is 19.1 Å². The second kappa shape index (κ2) is 6.46. The Hall–Kier alpha value is -0.970. The number of hydrazine groups is 1.